The molecule has 4 heteroatoms. The van der Waals surface area contributed by atoms with Crippen LogP contribution in [0.5, 0.6) is 0 Å². The van der Waals surface area contributed by atoms with Crippen LogP contribution in [0, 0.1) is 6.29 Å². The van der Waals surface area contributed by atoms with Crippen molar-refractivity contribution in [3.05, 3.63) is 6.29 Å². The van der Waals surface area contributed by atoms with E-state index in [1.807, 2.05) is 6.92 Å². The lowest BCUT2D eigenvalue weighted by molar-refractivity contribution is -0.252. The monoisotopic (exact) mass is 173 g/mol. The Bertz CT molecular complexity index is 147. The van der Waals surface area contributed by atoms with Crippen molar-refractivity contribution in [3.8, 4) is 0 Å². The van der Waals surface area contributed by atoms with Crippen molar-refractivity contribution in [2.45, 2.75) is 19.1 Å². The van der Waals surface area contributed by atoms with E-state index in [4.69, 9.17) is 18.9 Å². The molecule has 2 fully saturated rings. The van der Waals surface area contributed by atoms with Gasteiger partial charge in [-0.3, -0.25) is 0 Å². The van der Waals surface area contributed by atoms with E-state index in [9.17, 15) is 0 Å². The molecule has 0 aliphatic carbocycles. The second-order valence-electron chi connectivity index (χ2n) is 2.98. The Balaban J connectivity index is 1.96. The maximum atomic E-state index is 5.37. The van der Waals surface area contributed by atoms with E-state index in [0.29, 0.717) is 32.7 Å². The molecule has 12 heavy (non-hydrogen) atoms. The third-order valence-electron chi connectivity index (χ3n) is 1.96. The van der Waals surface area contributed by atoms with Crippen LogP contribution in [0.2, 0.25) is 0 Å². The van der Waals surface area contributed by atoms with Crippen LogP contribution in [0.25, 0.3) is 0 Å². The van der Waals surface area contributed by atoms with Crippen LogP contribution in [0.4, 0.5) is 0 Å². The van der Waals surface area contributed by atoms with Gasteiger partial charge in [-0.25, -0.2) is 0 Å². The summed E-state index contributed by atoms with van der Waals surface area (Å²) in [5.41, 5.74) is 0. The highest BCUT2D eigenvalue weighted by Gasteiger charge is 2.44. The van der Waals surface area contributed by atoms with E-state index in [1.165, 1.54) is 0 Å². The number of hydrogen-bond acceptors (Lipinski definition) is 4. The summed E-state index contributed by atoms with van der Waals surface area (Å²) < 4.78 is 21.4. The molecule has 0 unspecified atom stereocenters. The summed E-state index contributed by atoms with van der Waals surface area (Å²) in [6.07, 6.45) is 1.41. The summed E-state index contributed by atoms with van der Waals surface area (Å²) in [6.45, 7) is 4.41. The molecule has 2 aliphatic rings. The normalized spacial score (nSPS) is 30.8. The highest BCUT2D eigenvalue weighted by Crippen LogP contribution is 2.33. The molecule has 0 saturated carbocycles. The largest absolute Gasteiger partial charge is 0.343 e. The first-order valence-corrected chi connectivity index (χ1v) is 4.22. The van der Waals surface area contributed by atoms with Crippen LogP contribution >= 0.6 is 0 Å². The molecule has 0 aromatic rings. The van der Waals surface area contributed by atoms with Crippen LogP contribution in [0.15, 0.2) is 0 Å². The molecular weight excluding hydrogens is 160 g/mol. The molecule has 69 valence electrons. The Labute approximate surface area is 71.7 Å². The van der Waals surface area contributed by atoms with Crippen LogP contribution in [0.3, 0.4) is 0 Å². The minimum atomic E-state index is -0.763. The predicted molar refractivity (Wildman–Crippen MR) is 40.1 cm³/mol. The van der Waals surface area contributed by atoms with Crippen LogP contribution in [-0.2, 0) is 18.9 Å². The average molecular weight is 173 g/mol. The third kappa shape index (κ3) is 1.47. The molecule has 2 aliphatic heterocycles. The van der Waals surface area contributed by atoms with Gasteiger partial charge in [0.05, 0.1) is 26.4 Å². The van der Waals surface area contributed by atoms with Gasteiger partial charge in [0.25, 0.3) is 6.29 Å². The molecule has 0 atom stereocenters. The smallest absolute Gasteiger partial charge is 0.285 e. The first-order chi connectivity index (χ1) is 5.81. The van der Waals surface area contributed by atoms with E-state index >= 15 is 0 Å². The molecule has 4 nitrogen and oxygen atoms in total. The zero-order valence-corrected chi connectivity index (χ0v) is 7.17. The van der Waals surface area contributed by atoms with Crippen molar-refractivity contribution in [3.63, 3.8) is 0 Å². The molecule has 0 bridgehead atoms. The van der Waals surface area contributed by atoms with Crippen molar-refractivity contribution in [1.29, 1.82) is 0 Å². The summed E-state index contributed by atoms with van der Waals surface area (Å²) in [6, 6.07) is 0. The van der Waals surface area contributed by atoms with Crippen molar-refractivity contribution in [2.24, 2.45) is 0 Å². The molecule has 1 radical (unpaired) electrons. The molecule has 0 N–H and O–H groups in total. The zero-order valence-electron chi connectivity index (χ0n) is 7.17. The van der Waals surface area contributed by atoms with Gasteiger partial charge in [-0.1, -0.05) is 0 Å². The van der Waals surface area contributed by atoms with E-state index in [2.05, 4.69) is 0 Å². The average Bonchev–Trinajstić information content (AvgIpc) is 2.55. The Morgan fingerprint density at radius 2 is 1.58 bits per heavy atom. The SMILES string of the molecule is CC1([C]2OCCCO2)OCCO1. The van der Waals surface area contributed by atoms with Crippen LogP contribution in [0.1, 0.15) is 13.3 Å². The Hall–Kier alpha value is -0.160. The van der Waals surface area contributed by atoms with E-state index in [-0.39, 0.29) is 0 Å². The quantitative estimate of drug-likeness (QED) is 0.584. The van der Waals surface area contributed by atoms with E-state index in [0.717, 1.165) is 6.42 Å². The van der Waals surface area contributed by atoms with Gasteiger partial charge in [0.1, 0.15) is 0 Å². The topological polar surface area (TPSA) is 36.9 Å². The van der Waals surface area contributed by atoms with Gasteiger partial charge in [0.15, 0.2) is 0 Å². The number of rotatable bonds is 1. The lowest BCUT2D eigenvalue weighted by Gasteiger charge is -2.32. The molecule has 2 heterocycles. The summed E-state index contributed by atoms with van der Waals surface area (Å²) in [4.78, 5) is 0. The molecule has 0 aromatic heterocycles. The van der Waals surface area contributed by atoms with Gasteiger partial charge < -0.3 is 18.9 Å². The fourth-order valence-electron chi connectivity index (χ4n) is 1.32. The highest BCUT2D eigenvalue weighted by molar-refractivity contribution is 4.88. The third-order valence-corrected chi connectivity index (χ3v) is 1.96. The van der Waals surface area contributed by atoms with Crippen LogP contribution in [-0.4, -0.2) is 32.2 Å². The first-order valence-electron chi connectivity index (χ1n) is 4.22. The molecule has 0 amide bonds. The minimum absolute atomic E-state index is 0.478. The van der Waals surface area contributed by atoms with Gasteiger partial charge >= 0.3 is 0 Å². The van der Waals surface area contributed by atoms with Gasteiger partial charge in [-0.2, -0.15) is 0 Å². The van der Waals surface area contributed by atoms with Crippen molar-refractivity contribution >= 4 is 0 Å². The highest BCUT2D eigenvalue weighted by atomic mass is 16.8. The van der Waals surface area contributed by atoms with Gasteiger partial charge in [-0.05, 0) is 13.3 Å². The summed E-state index contributed by atoms with van der Waals surface area (Å²) in [7, 11) is 0. The number of hydrogen-bond donors (Lipinski definition) is 0. The predicted octanol–water partition coefficient (Wildman–Crippen LogP) is 0.676. The van der Waals surface area contributed by atoms with Crippen LogP contribution < -0.4 is 0 Å². The maximum absolute atomic E-state index is 5.37. The Morgan fingerprint density at radius 1 is 1.00 bits per heavy atom. The van der Waals surface area contributed by atoms with Gasteiger partial charge in [0, 0.05) is 0 Å². The van der Waals surface area contributed by atoms with Crippen molar-refractivity contribution < 1.29 is 18.9 Å². The number of ether oxygens (including phenoxy) is 4. The van der Waals surface area contributed by atoms with Crippen molar-refractivity contribution in [1.82, 2.24) is 0 Å². The maximum Gasteiger partial charge on any atom is 0.285 e. The van der Waals surface area contributed by atoms with Gasteiger partial charge in [-0.15, -0.1) is 0 Å². The Kier molecular flexibility index (Phi) is 2.32. The first kappa shape index (κ1) is 8.44. The fourth-order valence-corrected chi connectivity index (χ4v) is 1.32. The zero-order chi connectivity index (χ0) is 8.44. The van der Waals surface area contributed by atoms with E-state index in [1.54, 1.807) is 0 Å². The molecule has 2 saturated heterocycles. The summed E-state index contributed by atoms with van der Waals surface area (Å²) >= 11 is 0. The van der Waals surface area contributed by atoms with Crippen molar-refractivity contribution in [2.75, 3.05) is 26.4 Å². The Morgan fingerprint density at radius 3 is 2.17 bits per heavy atom. The summed E-state index contributed by atoms with van der Waals surface area (Å²) in [5, 5.41) is 0. The standard InChI is InChI=1S/C8H13O4/c1-8(11-5-6-12-8)7-9-3-2-4-10-7/h2-6H2,1H3. The second kappa shape index (κ2) is 3.30. The molecule has 0 aromatic carbocycles. The second-order valence-corrected chi connectivity index (χ2v) is 2.98. The lowest BCUT2D eigenvalue weighted by atomic mass is 10.3. The minimum Gasteiger partial charge on any atom is -0.343 e. The molecule has 2 rings (SSSR count). The molecule has 0 spiro atoms. The lowest BCUT2D eigenvalue weighted by Crippen LogP contribution is -2.40. The van der Waals surface area contributed by atoms with Gasteiger partial charge in [0.2, 0.25) is 5.79 Å². The van der Waals surface area contributed by atoms with E-state index < -0.39 is 5.79 Å². The molecular formula is C8H13O4. The summed E-state index contributed by atoms with van der Waals surface area (Å²) in [5.74, 6) is -0.763. The fraction of sp³-hybridized carbons (Fsp3) is 0.875.